The van der Waals surface area contributed by atoms with Crippen LogP contribution in [-0.4, -0.2) is 70.4 Å². The summed E-state index contributed by atoms with van der Waals surface area (Å²) >= 11 is 0. The molecule has 15 heteroatoms. The first-order valence-electron chi connectivity index (χ1n) is 12.0. The summed E-state index contributed by atoms with van der Waals surface area (Å²) in [7, 11) is -1.68. The summed E-state index contributed by atoms with van der Waals surface area (Å²) < 4.78 is 57.8. The summed E-state index contributed by atoms with van der Waals surface area (Å²) in [5.74, 6) is 2.46. The fourth-order valence-electron chi connectivity index (χ4n) is 4.25. The van der Waals surface area contributed by atoms with Gasteiger partial charge in [-0.15, -0.1) is 6.42 Å². The number of fused-ring (bicyclic) bond motifs is 1. The van der Waals surface area contributed by atoms with Gasteiger partial charge in [-0.25, -0.2) is 18.9 Å². The Morgan fingerprint density at radius 1 is 1.35 bits per heavy atom. The first kappa shape index (κ1) is 29.3. The molecule has 6 atom stereocenters. The van der Waals surface area contributed by atoms with Crippen LogP contribution in [0.2, 0.25) is 0 Å². The van der Waals surface area contributed by atoms with E-state index < -0.39 is 50.5 Å². The molecule has 2 unspecified atom stereocenters. The number of aliphatic hydroxyl groups is 1. The van der Waals surface area contributed by atoms with Crippen molar-refractivity contribution < 1.29 is 42.1 Å². The summed E-state index contributed by atoms with van der Waals surface area (Å²) in [6.45, 7) is 1.94. The van der Waals surface area contributed by atoms with Crippen molar-refractivity contribution in [2.45, 2.75) is 44.0 Å². The van der Waals surface area contributed by atoms with Crippen molar-refractivity contribution >= 4 is 30.6 Å². The lowest BCUT2D eigenvalue weighted by Gasteiger charge is -2.25. The predicted molar refractivity (Wildman–Crippen MR) is 141 cm³/mol. The molecule has 3 heterocycles. The van der Waals surface area contributed by atoms with E-state index in [1.54, 1.807) is 12.1 Å². The second-order valence-electron chi connectivity index (χ2n) is 9.11. The lowest BCUT2D eigenvalue weighted by Crippen LogP contribution is -2.41. The SMILES string of the molecule is C#Cc1cn([C@@H]2O[C@H](COP(=O)(NC(C)C(=O)OC)Oc3ccc(OC)cc3)[C@@H](O)[C@@]2(C)F)c2ncnc(N)c12. The Labute approximate surface area is 229 Å². The largest absolute Gasteiger partial charge is 0.497 e. The van der Waals surface area contributed by atoms with E-state index in [-0.39, 0.29) is 17.2 Å². The average Bonchev–Trinajstić information content (AvgIpc) is 3.42. The number of nitrogens with two attached hydrogens (primary N) is 1. The molecule has 0 amide bonds. The van der Waals surface area contributed by atoms with Gasteiger partial charge in [0.25, 0.3) is 0 Å². The number of rotatable bonds is 10. The molecule has 0 saturated carbocycles. The van der Waals surface area contributed by atoms with E-state index in [4.69, 9.17) is 30.7 Å². The summed E-state index contributed by atoms with van der Waals surface area (Å²) in [6.07, 6.45) is 3.73. The molecule has 1 aliphatic heterocycles. The zero-order valence-electron chi connectivity index (χ0n) is 22.1. The number of ether oxygens (including phenoxy) is 3. The van der Waals surface area contributed by atoms with E-state index in [0.717, 1.165) is 14.0 Å². The fourth-order valence-corrected chi connectivity index (χ4v) is 5.75. The molecular formula is C25H29FN5O8P. The molecule has 0 radical (unpaired) electrons. The van der Waals surface area contributed by atoms with Crippen LogP contribution in [0.25, 0.3) is 11.0 Å². The number of nitrogens with one attached hydrogen (secondary N) is 1. The topological polar surface area (TPSA) is 169 Å². The monoisotopic (exact) mass is 577 g/mol. The molecule has 0 bridgehead atoms. The van der Waals surface area contributed by atoms with Crippen LogP contribution in [0.4, 0.5) is 10.2 Å². The van der Waals surface area contributed by atoms with E-state index >= 15 is 4.39 Å². The summed E-state index contributed by atoms with van der Waals surface area (Å²) in [5, 5.41) is 13.7. The zero-order chi connectivity index (χ0) is 29.2. The minimum atomic E-state index is -4.32. The first-order chi connectivity index (χ1) is 18.9. The van der Waals surface area contributed by atoms with Gasteiger partial charge in [0.15, 0.2) is 11.9 Å². The number of halogens is 1. The van der Waals surface area contributed by atoms with Crippen LogP contribution in [-0.2, 0) is 23.4 Å². The van der Waals surface area contributed by atoms with Crippen LogP contribution in [0.5, 0.6) is 11.5 Å². The summed E-state index contributed by atoms with van der Waals surface area (Å²) in [6, 6.07) is 4.97. The quantitative estimate of drug-likeness (QED) is 0.183. The number of aliphatic hydroxyl groups excluding tert-OH is 1. The van der Waals surface area contributed by atoms with Gasteiger partial charge >= 0.3 is 13.7 Å². The van der Waals surface area contributed by atoms with Gasteiger partial charge < -0.3 is 34.1 Å². The highest BCUT2D eigenvalue weighted by Gasteiger charge is 2.56. The third-order valence-corrected chi connectivity index (χ3v) is 8.01. The van der Waals surface area contributed by atoms with Crippen LogP contribution in [0, 0.1) is 12.3 Å². The maximum Gasteiger partial charge on any atom is 0.459 e. The van der Waals surface area contributed by atoms with Crippen LogP contribution in [0.15, 0.2) is 36.8 Å². The number of hydrogen-bond donors (Lipinski definition) is 3. The van der Waals surface area contributed by atoms with Crippen molar-refractivity contribution in [3.05, 3.63) is 42.4 Å². The van der Waals surface area contributed by atoms with E-state index in [9.17, 15) is 14.5 Å². The standard InChI is InChI=1S/C25H29FN5O8P/c1-6-15-11-31(22-19(15)21(27)28-13-29-22)24-25(3,26)20(32)18(38-24)12-37-40(34,30-14(2)23(33)36-5)39-17-9-7-16(35-4)8-10-17/h1,7-11,13-14,18,20,24,32H,12H2,2-5H3,(H,30,34)(H2,27,28,29)/t14?,18-,20-,24-,25-,40?/m1/s1. The van der Waals surface area contributed by atoms with Crippen LogP contribution < -0.4 is 20.1 Å². The van der Waals surface area contributed by atoms with Crippen LogP contribution in [0.3, 0.4) is 0 Å². The second-order valence-corrected chi connectivity index (χ2v) is 10.8. The number of esters is 1. The van der Waals surface area contributed by atoms with Gasteiger partial charge in [0, 0.05) is 6.20 Å². The normalized spacial score (nSPS) is 24.7. The Balaban J connectivity index is 1.59. The molecule has 4 rings (SSSR count). The van der Waals surface area contributed by atoms with Gasteiger partial charge in [-0.3, -0.25) is 9.32 Å². The van der Waals surface area contributed by atoms with Crippen molar-refractivity contribution in [3.63, 3.8) is 0 Å². The van der Waals surface area contributed by atoms with Crippen molar-refractivity contribution in [3.8, 4) is 23.8 Å². The molecule has 3 aromatic rings. The molecule has 1 saturated heterocycles. The Morgan fingerprint density at radius 2 is 2.02 bits per heavy atom. The maximum absolute atomic E-state index is 16.0. The molecule has 1 aromatic carbocycles. The number of alkyl halides is 1. The van der Waals surface area contributed by atoms with E-state index in [0.29, 0.717) is 16.7 Å². The minimum Gasteiger partial charge on any atom is -0.497 e. The number of aromatic nitrogens is 3. The highest BCUT2D eigenvalue weighted by Crippen LogP contribution is 2.48. The second kappa shape index (κ2) is 11.4. The summed E-state index contributed by atoms with van der Waals surface area (Å²) in [4.78, 5) is 20.1. The summed E-state index contributed by atoms with van der Waals surface area (Å²) in [5.41, 5.74) is 4.09. The van der Waals surface area contributed by atoms with Crippen LogP contribution in [0.1, 0.15) is 25.6 Å². The lowest BCUT2D eigenvalue weighted by molar-refractivity contribution is -0.142. The number of methoxy groups -OCH3 is 2. The zero-order valence-corrected chi connectivity index (χ0v) is 23.0. The van der Waals surface area contributed by atoms with Gasteiger partial charge in [0.1, 0.15) is 47.5 Å². The van der Waals surface area contributed by atoms with E-state index in [2.05, 4.69) is 25.7 Å². The number of hydrogen-bond acceptors (Lipinski definition) is 11. The van der Waals surface area contributed by atoms with Crippen molar-refractivity contribution in [1.82, 2.24) is 19.6 Å². The molecule has 2 aromatic heterocycles. The first-order valence-corrected chi connectivity index (χ1v) is 13.5. The van der Waals surface area contributed by atoms with Crippen molar-refractivity contribution in [1.29, 1.82) is 0 Å². The molecule has 1 fully saturated rings. The lowest BCUT2D eigenvalue weighted by atomic mass is 9.98. The highest BCUT2D eigenvalue weighted by atomic mass is 31.2. The number of benzene rings is 1. The minimum absolute atomic E-state index is 0.0955. The Hall–Kier alpha value is -3.73. The molecule has 40 heavy (non-hydrogen) atoms. The predicted octanol–water partition coefficient (Wildman–Crippen LogP) is 2.34. The number of anilines is 1. The number of carbonyl (C=O) groups excluding carboxylic acids is 1. The van der Waals surface area contributed by atoms with Gasteiger partial charge in [0.05, 0.1) is 31.8 Å². The average molecular weight is 578 g/mol. The van der Waals surface area contributed by atoms with Crippen LogP contribution >= 0.6 is 7.75 Å². The van der Waals surface area contributed by atoms with Gasteiger partial charge in [-0.2, -0.15) is 5.09 Å². The number of nitrogen functional groups attached to an aromatic ring is 1. The Bertz CT molecular complexity index is 1470. The van der Waals surface area contributed by atoms with Gasteiger partial charge in [0.2, 0.25) is 0 Å². The molecular weight excluding hydrogens is 548 g/mol. The molecule has 0 spiro atoms. The van der Waals surface area contributed by atoms with Crippen molar-refractivity contribution in [2.24, 2.45) is 0 Å². The molecule has 13 nitrogen and oxygen atoms in total. The van der Waals surface area contributed by atoms with Crippen molar-refractivity contribution in [2.75, 3.05) is 26.6 Å². The smallest absolute Gasteiger partial charge is 0.459 e. The number of nitrogens with zero attached hydrogens (tertiary/aromatic N) is 3. The highest BCUT2D eigenvalue weighted by molar-refractivity contribution is 7.52. The molecule has 0 aliphatic carbocycles. The van der Waals surface area contributed by atoms with E-state index in [1.807, 2.05) is 0 Å². The Morgan fingerprint density at radius 3 is 2.65 bits per heavy atom. The van der Waals surface area contributed by atoms with Gasteiger partial charge in [-0.05, 0) is 38.1 Å². The van der Waals surface area contributed by atoms with Gasteiger partial charge in [-0.1, -0.05) is 5.92 Å². The third-order valence-electron chi connectivity index (χ3n) is 6.36. The van der Waals surface area contributed by atoms with E-state index in [1.165, 1.54) is 43.3 Å². The maximum atomic E-state index is 16.0. The Kier molecular flexibility index (Phi) is 8.34. The number of terminal acetylenes is 1. The fraction of sp³-hybridized carbons (Fsp3) is 0.400. The number of carbonyl (C=O) groups is 1. The molecule has 4 N–H and O–H groups in total. The third kappa shape index (κ3) is 5.60. The molecule has 214 valence electrons. The molecule has 1 aliphatic rings.